The summed E-state index contributed by atoms with van der Waals surface area (Å²) in [5.41, 5.74) is 7.26. The molecule has 1 aromatic carbocycles. The quantitative estimate of drug-likeness (QED) is 0.835. The Hall–Kier alpha value is -1.27. The first kappa shape index (κ1) is 15.1. The Labute approximate surface area is 121 Å². The molecule has 1 aromatic rings. The van der Waals surface area contributed by atoms with E-state index in [1.807, 2.05) is 0 Å². The third-order valence-electron chi connectivity index (χ3n) is 4.01. The highest BCUT2D eigenvalue weighted by molar-refractivity contribution is 7.89. The van der Waals surface area contributed by atoms with E-state index in [0.717, 1.165) is 6.42 Å². The number of hydrogen-bond donors (Lipinski definition) is 2. The van der Waals surface area contributed by atoms with Crippen molar-refractivity contribution in [3.05, 3.63) is 18.2 Å². The molecule has 2 rings (SSSR count). The summed E-state index contributed by atoms with van der Waals surface area (Å²) < 4.78 is 25.5. The van der Waals surface area contributed by atoms with Crippen molar-refractivity contribution in [1.82, 2.24) is 4.31 Å². The van der Waals surface area contributed by atoms with Crippen molar-refractivity contribution in [1.29, 1.82) is 0 Å². The standard InChI is InChI=1S/C14H23N3O2S/c1-10-5-4-6-13(10)16-14-9-11(7-8-12(14)15)20(18,19)17(2)3/h7-10,13,16H,4-6,15H2,1-3H3. The van der Waals surface area contributed by atoms with Crippen LogP contribution in [0.5, 0.6) is 0 Å². The van der Waals surface area contributed by atoms with Crippen molar-refractivity contribution in [2.45, 2.75) is 37.1 Å². The first-order chi connectivity index (χ1) is 9.32. The maximum absolute atomic E-state index is 12.2. The van der Waals surface area contributed by atoms with Crippen LogP contribution in [0.2, 0.25) is 0 Å². The number of benzene rings is 1. The molecule has 1 aliphatic rings. The summed E-state index contributed by atoms with van der Waals surface area (Å²) >= 11 is 0. The van der Waals surface area contributed by atoms with E-state index in [4.69, 9.17) is 5.73 Å². The molecule has 20 heavy (non-hydrogen) atoms. The molecule has 0 amide bonds. The summed E-state index contributed by atoms with van der Waals surface area (Å²) in [6, 6.07) is 5.21. The van der Waals surface area contributed by atoms with Crippen LogP contribution in [0.15, 0.2) is 23.1 Å². The van der Waals surface area contributed by atoms with Crippen LogP contribution in [0.4, 0.5) is 11.4 Å². The van der Waals surface area contributed by atoms with Crippen molar-refractivity contribution in [3.8, 4) is 0 Å². The maximum Gasteiger partial charge on any atom is 0.242 e. The minimum Gasteiger partial charge on any atom is -0.397 e. The van der Waals surface area contributed by atoms with Gasteiger partial charge >= 0.3 is 0 Å². The van der Waals surface area contributed by atoms with Gasteiger partial charge in [0.25, 0.3) is 0 Å². The molecule has 0 bridgehead atoms. The normalized spacial score (nSPS) is 23.2. The van der Waals surface area contributed by atoms with Crippen LogP contribution in [0.1, 0.15) is 26.2 Å². The lowest BCUT2D eigenvalue weighted by Crippen LogP contribution is -2.24. The van der Waals surface area contributed by atoms with Gasteiger partial charge in [0.1, 0.15) is 0 Å². The fourth-order valence-corrected chi connectivity index (χ4v) is 3.52. The Bertz CT molecular complexity index is 584. The van der Waals surface area contributed by atoms with E-state index in [0.29, 0.717) is 23.3 Å². The van der Waals surface area contributed by atoms with Crippen LogP contribution in [-0.4, -0.2) is 32.9 Å². The van der Waals surface area contributed by atoms with Crippen molar-refractivity contribution >= 4 is 21.4 Å². The number of anilines is 2. The molecule has 1 saturated carbocycles. The smallest absolute Gasteiger partial charge is 0.242 e. The molecule has 1 aliphatic carbocycles. The summed E-state index contributed by atoms with van der Waals surface area (Å²) in [5.74, 6) is 0.587. The van der Waals surface area contributed by atoms with Crippen LogP contribution >= 0.6 is 0 Å². The average molecular weight is 297 g/mol. The predicted molar refractivity (Wildman–Crippen MR) is 82.2 cm³/mol. The fraction of sp³-hybridized carbons (Fsp3) is 0.571. The second kappa shape index (κ2) is 5.61. The minimum atomic E-state index is -3.43. The van der Waals surface area contributed by atoms with Crippen LogP contribution < -0.4 is 11.1 Å². The number of nitrogen functional groups attached to an aromatic ring is 1. The van der Waals surface area contributed by atoms with Gasteiger partial charge in [0.05, 0.1) is 16.3 Å². The monoisotopic (exact) mass is 297 g/mol. The van der Waals surface area contributed by atoms with Crippen molar-refractivity contribution in [2.75, 3.05) is 25.1 Å². The Morgan fingerprint density at radius 3 is 2.55 bits per heavy atom. The van der Waals surface area contributed by atoms with E-state index in [1.54, 1.807) is 18.2 Å². The molecule has 0 radical (unpaired) electrons. The lowest BCUT2D eigenvalue weighted by Gasteiger charge is -2.21. The SMILES string of the molecule is CC1CCCC1Nc1cc(S(=O)(=O)N(C)C)ccc1N. The lowest BCUT2D eigenvalue weighted by molar-refractivity contribution is 0.520. The Morgan fingerprint density at radius 2 is 2.00 bits per heavy atom. The first-order valence-electron chi connectivity index (χ1n) is 6.91. The van der Waals surface area contributed by atoms with Crippen LogP contribution in [0, 0.1) is 5.92 Å². The van der Waals surface area contributed by atoms with Crippen LogP contribution in [0.3, 0.4) is 0 Å². The summed E-state index contributed by atoms with van der Waals surface area (Å²) in [5, 5.41) is 3.40. The van der Waals surface area contributed by atoms with Gasteiger partial charge in [-0.05, 0) is 37.0 Å². The number of nitrogens with zero attached hydrogens (tertiary/aromatic N) is 1. The van der Waals surface area contributed by atoms with E-state index < -0.39 is 10.0 Å². The van der Waals surface area contributed by atoms with Gasteiger partial charge in [0.15, 0.2) is 0 Å². The third kappa shape index (κ3) is 2.91. The first-order valence-corrected chi connectivity index (χ1v) is 8.35. The van der Waals surface area contributed by atoms with Gasteiger partial charge in [0.2, 0.25) is 10.0 Å². The van der Waals surface area contributed by atoms with Gasteiger partial charge in [-0.1, -0.05) is 13.3 Å². The molecule has 0 aromatic heterocycles. The zero-order valence-corrected chi connectivity index (χ0v) is 13.1. The summed E-state index contributed by atoms with van der Waals surface area (Å²) in [6.07, 6.45) is 3.51. The molecular weight excluding hydrogens is 274 g/mol. The van der Waals surface area contributed by atoms with Crippen LogP contribution in [-0.2, 0) is 10.0 Å². The number of sulfonamides is 1. The molecule has 5 nitrogen and oxygen atoms in total. The molecule has 0 spiro atoms. The molecule has 112 valence electrons. The van der Waals surface area contributed by atoms with Gasteiger partial charge in [-0.25, -0.2) is 12.7 Å². The molecule has 0 saturated heterocycles. The number of rotatable bonds is 4. The summed E-state index contributed by atoms with van der Waals surface area (Å²) in [6.45, 7) is 2.21. The van der Waals surface area contributed by atoms with Gasteiger partial charge in [-0.15, -0.1) is 0 Å². The molecule has 2 atom stereocenters. The predicted octanol–water partition coefficient (Wildman–Crippen LogP) is 2.12. The zero-order chi connectivity index (χ0) is 14.9. The van der Waals surface area contributed by atoms with E-state index in [-0.39, 0.29) is 4.90 Å². The van der Waals surface area contributed by atoms with Gasteiger partial charge in [-0.3, -0.25) is 0 Å². The molecule has 0 heterocycles. The van der Waals surface area contributed by atoms with E-state index >= 15 is 0 Å². The fourth-order valence-electron chi connectivity index (χ4n) is 2.59. The van der Waals surface area contributed by atoms with Crippen molar-refractivity contribution < 1.29 is 8.42 Å². The van der Waals surface area contributed by atoms with Gasteiger partial charge in [-0.2, -0.15) is 0 Å². The largest absolute Gasteiger partial charge is 0.397 e. The Balaban J connectivity index is 2.30. The number of nitrogens with one attached hydrogen (secondary N) is 1. The summed E-state index contributed by atoms with van der Waals surface area (Å²) in [7, 11) is -0.374. The lowest BCUT2D eigenvalue weighted by atomic mass is 10.1. The molecule has 2 unspecified atom stereocenters. The second-order valence-electron chi connectivity index (χ2n) is 5.70. The van der Waals surface area contributed by atoms with E-state index in [9.17, 15) is 8.42 Å². The molecular formula is C14H23N3O2S. The summed E-state index contributed by atoms with van der Waals surface area (Å²) in [4.78, 5) is 0.268. The van der Waals surface area contributed by atoms with Crippen molar-refractivity contribution in [2.24, 2.45) is 5.92 Å². The highest BCUT2D eigenvalue weighted by atomic mass is 32.2. The van der Waals surface area contributed by atoms with E-state index in [1.165, 1.54) is 31.2 Å². The second-order valence-corrected chi connectivity index (χ2v) is 7.85. The van der Waals surface area contributed by atoms with Crippen molar-refractivity contribution in [3.63, 3.8) is 0 Å². The average Bonchev–Trinajstić information content (AvgIpc) is 2.77. The zero-order valence-electron chi connectivity index (χ0n) is 12.3. The number of hydrogen-bond acceptors (Lipinski definition) is 4. The van der Waals surface area contributed by atoms with E-state index in [2.05, 4.69) is 12.2 Å². The molecule has 3 N–H and O–H groups in total. The topological polar surface area (TPSA) is 75.4 Å². The Morgan fingerprint density at radius 1 is 1.30 bits per heavy atom. The molecule has 0 aliphatic heterocycles. The Kier molecular flexibility index (Phi) is 4.25. The molecule has 1 fully saturated rings. The minimum absolute atomic E-state index is 0.268. The highest BCUT2D eigenvalue weighted by Gasteiger charge is 2.24. The highest BCUT2D eigenvalue weighted by Crippen LogP contribution is 2.31. The third-order valence-corrected chi connectivity index (χ3v) is 5.82. The van der Waals surface area contributed by atoms with Gasteiger partial charge in [0, 0.05) is 20.1 Å². The van der Waals surface area contributed by atoms with Crippen LogP contribution in [0.25, 0.3) is 0 Å². The number of nitrogens with two attached hydrogens (primary N) is 1. The molecule has 6 heteroatoms. The van der Waals surface area contributed by atoms with Gasteiger partial charge < -0.3 is 11.1 Å². The maximum atomic E-state index is 12.2.